The topological polar surface area (TPSA) is 54.0 Å². The van der Waals surface area contributed by atoms with Crippen molar-refractivity contribution in [2.45, 2.75) is 57.3 Å². The van der Waals surface area contributed by atoms with Gasteiger partial charge in [0.15, 0.2) is 0 Å². The highest BCUT2D eigenvalue weighted by atomic mass is 31.0. The van der Waals surface area contributed by atoms with Gasteiger partial charge < -0.3 is 18.3 Å². The molecular weight excluding hydrogens is 425 g/mol. The molecule has 0 aliphatic rings. The van der Waals surface area contributed by atoms with E-state index in [9.17, 15) is 4.79 Å². The summed E-state index contributed by atoms with van der Waals surface area (Å²) in [4.78, 5) is 11.2. The minimum absolute atomic E-state index is 0.0549. The smallest absolute Gasteiger partial charge is 0.305 e. The van der Waals surface area contributed by atoms with Crippen molar-refractivity contribution in [1.82, 2.24) is 0 Å². The van der Waals surface area contributed by atoms with Crippen LogP contribution in [0.1, 0.15) is 39.0 Å². The minimum Gasteiger partial charge on any atom is -0.469 e. The zero-order chi connectivity index (χ0) is 21.7. The largest absolute Gasteiger partial charge is 0.469 e. The van der Waals surface area contributed by atoms with Crippen molar-refractivity contribution in [3.63, 3.8) is 0 Å². The van der Waals surface area contributed by atoms with Gasteiger partial charge in [0.05, 0.1) is 19.3 Å². The molecule has 0 aromatic heterocycles. The van der Waals surface area contributed by atoms with Gasteiger partial charge in [0.25, 0.3) is 0 Å². The predicted molar refractivity (Wildman–Crippen MR) is 130 cm³/mol. The van der Waals surface area contributed by atoms with E-state index in [-0.39, 0.29) is 24.3 Å². The van der Waals surface area contributed by atoms with Crippen molar-refractivity contribution in [2.75, 3.05) is 7.11 Å². The van der Waals surface area contributed by atoms with Crippen molar-refractivity contribution in [3.8, 4) is 0 Å². The average molecular weight is 460 g/mol. The number of ether oxygens (including phenoxy) is 1. The number of carbonyl (C=O) groups is 1. The molecule has 0 fully saturated rings. The zero-order valence-corrected chi connectivity index (χ0v) is 20.8. The van der Waals surface area contributed by atoms with Crippen LogP contribution in [-0.2, 0) is 23.1 Å². The quantitative estimate of drug-likeness (QED) is 0.133. The number of methoxy groups -OCH3 is 1. The summed E-state index contributed by atoms with van der Waals surface area (Å²) < 4.78 is 20.8. The average Bonchev–Trinajstić information content (AvgIpc) is 2.74. The molecule has 164 valence electrons. The summed E-state index contributed by atoms with van der Waals surface area (Å²) in [6.45, 7) is 2.11. The van der Waals surface area contributed by atoms with Gasteiger partial charge in [0.1, 0.15) is 6.10 Å². The Kier molecular flexibility index (Phi) is 20.1. The first-order chi connectivity index (χ1) is 14.1. The Balaban J connectivity index is 4.43. The van der Waals surface area contributed by atoms with Crippen LogP contribution < -0.4 is 0 Å². The van der Waals surface area contributed by atoms with Crippen molar-refractivity contribution in [2.24, 2.45) is 0 Å². The van der Waals surface area contributed by atoms with E-state index in [4.69, 9.17) is 13.6 Å². The zero-order valence-electron chi connectivity index (χ0n) is 17.3. The molecule has 6 unspecified atom stereocenters. The number of esters is 1. The van der Waals surface area contributed by atoms with Crippen LogP contribution in [0.4, 0.5) is 0 Å². The lowest BCUT2D eigenvalue weighted by Crippen LogP contribution is -2.25. The highest BCUT2D eigenvalue weighted by molar-refractivity contribution is 7.10. The number of carbonyl (C=O) groups excluding carboxylic acids is 1. The normalized spacial score (nSPS) is 15.9. The Bertz CT molecular complexity index is 559. The van der Waals surface area contributed by atoms with Crippen molar-refractivity contribution in [1.29, 1.82) is 0 Å². The Labute approximate surface area is 182 Å². The molecule has 0 N–H and O–H groups in total. The van der Waals surface area contributed by atoms with Gasteiger partial charge in [-0.1, -0.05) is 67.7 Å². The molecule has 6 atom stereocenters. The molecule has 5 nitrogen and oxygen atoms in total. The maximum atomic E-state index is 11.2. The van der Waals surface area contributed by atoms with Crippen molar-refractivity contribution >= 4 is 34.4 Å². The maximum absolute atomic E-state index is 11.2. The van der Waals surface area contributed by atoms with Crippen LogP contribution in [0.15, 0.2) is 60.8 Å². The van der Waals surface area contributed by atoms with Crippen molar-refractivity contribution < 1.29 is 23.1 Å². The standard InChI is InChI=1S/C21H35O5P3/c1-3-4-9-13-18(24-27)14-10-7-5-6-8-11-15-19(25-28)20(26-29)16-12-17-21(22)23-2/h4-11,14-15,18-20H,3,12-13,16-17,27-29H2,1-2H3/b7-5+,8-6+,9-4+,14-10+,15-11+. The lowest BCUT2D eigenvalue weighted by atomic mass is 10.1. The highest BCUT2D eigenvalue weighted by Gasteiger charge is 2.18. The summed E-state index contributed by atoms with van der Waals surface area (Å²) in [5.74, 6) is -0.219. The van der Waals surface area contributed by atoms with Crippen LogP contribution in [0.2, 0.25) is 0 Å². The highest BCUT2D eigenvalue weighted by Crippen LogP contribution is 2.18. The van der Waals surface area contributed by atoms with Gasteiger partial charge in [-0.25, -0.2) is 0 Å². The van der Waals surface area contributed by atoms with Crippen LogP contribution in [0.25, 0.3) is 0 Å². The lowest BCUT2D eigenvalue weighted by Gasteiger charge is -2.21. The van der Waals surface area contributed by atoms with E-state index < -0.39 is 0 Å². The molecule has 0 aromatic rings. The van der Waals surface area contributed by atoms with Gasteiger partial charge >= 0.3 is 5.97 Å². The van der Waals surface area contributed by atoms with E-state index in [1.54, 1.807) is 0 Å². The second kappa shape index (κ2) is 20.6. The fourth-order valence-electron chi connectivity index (χ4n) is 2.31. The fourth-order valence-corrected chi connectivity index (χ4v) is 3.07. The molecule has 0 aromatic carbocycles. The predicted octanol–water partition coefficient (Wildman–Crippen LogP) is 5.44. The van der Waals surface area contributed by atoms with E-state index in [0.29, 0.717) is 19.3 Å². The van der Waals surface area contributed by atoms with Crippen LogP contribution in [0.3, 0.4) is 0 Å². The summed E-state index contributed by atoms with van der Waals surface area (Å²) in [7, 11) is 8.22. The van der Waals surface area contributed by atoms with E-state index in [1.165, 1.54) is 7.11 Å². The molecule has 29 heavy (non-hydrogen) atoms. The summed E-state index contributed by atoms with van der Waals surface area (Å²) in [6.07, 6.45) is 23.1. The van der Waals surface area contributed by atoms with Gasteiger partial charge in [0, 0.05) is 34.8 Å². The molecule has 0 radical (unpaired) electrons. The SMILES string of the molecule is CC/C=C/CC(/C=C/C=C/C=C/C=C/C(OP)C(CCCC(=O)OC)OP)OP. The molecule has 0 aliphatic carbocycles. The fraction of sp³-hybridized carbons (Fsp3) is 0.476. The third-order valence-electron chi connectivity index (χ3n) is 3.92. The number of hydrogen-bond donors (Lipinski definition) is 0. The Morgan fingerprint density at radius 1 is 0.897 bits per heavy atom. The summed E-state index contributed by atoms with van der Waals surface area (Å²) in [6, 6.07) is 0. The van der Waals surface area contributed by atoms with Gasteiger partial charge in [-0.3, -0.25) is 4.79 Å². The third kappa shape index (κ3) is 15.8. The minimum atomic E-state index is -0.236. The molecule has 0 heterocycles. The van der Waals surface area contributed by atoms with E-state index in [1.807, 2.05) is 48.6 Å². The second-order valence-electron chi connectivity index (χ2n) is 6.07. The Hall–Kier alpha value is -0.660. The van der Waals surface area contributed by atoms with Crippen molar-refractivity contribution in [3.05, 3.63) is 60.8 Å². The second-order valence-corrected chi connectivity index (χ2v) is 6.89. The first-order valence-corrected chi connectivity index (χ1v) is 11.0. The Morgan fingerprint density at radius 2 is 1.55 bits per heavy atom. The molecule has 0 rings (SSSR count). The summed E-state index contributed by atoms with van der Waals surface area (Å²) in [5.41, 5.74) is 0. The summed E-state index contributed by atoms with van der Waals surface area (Å²) in [5, 5.41) is 0. The molecule has 0 aliphatic heterocycles. The molecule has 8 heteroatoms. The first-order valence-electron chi connectivity index (χ1n) is 9.59. The van der Waals surface area contributed by atoms with Gasteiger partial charge in [-0.05, 0) is 25.7 Å². The monoisotopic (exact) mass is 460 g/mol. The van der Waals surface area contributed by atoms with E-state index >= 15 is 0 Å². The summed E-state index contributed by atoms with van der Waals surface area (Å²) >= 11 is 0. The molecule has 0 amide bonds. The van der Waals surface area contributed by atoms with Crippen LogP contribution in [0, 0.1) is 0 Å². The number of hydrogen-bond acceptors (Lipinski definition) is 5. The molecule has 0 bridgehead atoms. The van der Waals surface area contributed by atoms with E-state index in [2.05, 4.69) is 52.2 Å². The van der Waals surface area contributed by atoms with Gasteiger partial charge in [-0.15, -0.1) is 0 Å². The van der Waals surface area contributed by atoms with E-state index in [0.717, 1.165) is 12.8 Å². The molecular formula is C21H35O5P3. The van der Waals surface area contributed by atoms with Crippen LogP contribution in [-0.4, -0.2) is 31.4 Å². The third-order valence-corrected chi connectivity index (χ3v) is 4.94. The number of rotatable bonds is 16. The molecule has 0 saturated heterocycles. The van der Waals surface area contributed by atoms with Gasteiger partial charge in [-0.2, -0.15) is 0 Å². The maximum Gasteiger partial charge on any atom is 0.305 e. The molecule has 0 saturated carbocycles. The first kappa shape index (κ1) is 28.3. The van der Waals surface area contributed by atoms with Gasteiger partial charge in [0.2, 0.25) is 0 Å². The molecule has 0 spiro atoms. The number of allylic oxidation sites excluding steroid dienone is 7. The van der Waals surface area contributed by atoms with Crippen LogP contribution >= 0.6 is 28.4 Å². The Morgan fingerprint density at radius 3 is 2.10 bits per heavy atom. The lowest BCUT2D eigenvalue weighted by molar-refractivity contribution is -0.140. The van der Waals surface area contributed by atoms with Crippen LogP contribution in [0.5, 0.6) is 0 Å².